The topological polar surface area (TPSA) is 90.2 Å². The van der Waals surface area contributed by atoms with E-state index in [9.17, 15) is 9.59 Å². The van der Waals surface area contributed by atoms with Gasteiger partial charge in [-0.05, 0) is 31.5 Å². The van der Waals surface area contributed by atoms with Crippen molar-refractivity contribution < 1.29 is 14.7 Å². The number of carbonyl (C=O) groups excluding carboxylic acids is 1. The normalized spacial score (nSPS) is 13.1. The van der Waals surface area contributed by atoms with Gasteiger partial charge in [0.25, 0.3) is 5.91 Å². The maximum atomic E-state index is 11.9. The minimum atomic E-state index is -1.15. The van der Waals surface area contributed by atoms with Crippen molar-refractivity contribution >= 4 is 27.8 Å². The summed E-state index contributed by atoms with van der Waals surface area (Å²) in [5.41, 5.74) is 0.366. The van der Waals surface area contributed by atoms with Crippen LogP contribution in [0.25, 0.3) is 0 Å². The summed E-state index contributed by atoms with van der Waals surface area (Å²) < 4.78 is 0.734. The first-order chi connectivity index (χ1) is 8.93. The molecule has 0 spiro atoms. The number of hydrogen-bond acceptors (Lipinski definition) is 3. The van der Waals surface area contributed by atoms with E-state index in [0.29, 0.717) is 5.56 Å². The molecule has 5 nitrogen and oxygen atoms in total. The van der Waals surface area contributed by atoms with Crippen molar-refractivity contribution in [1.82, 2.24) is 5.32 Å². The number of nitrogens with zero attached hydrogens (tertiary/aromatic N) is 1. The number of rotatable bonds is 5. The highest BCUT2D eigenvalue weighted by Gasteiger charge is 2.23. The monoisotopic (exact) mass is 324 g/mol. The molecule has 0 aliphatic rings. The molecule has 0 aliphatic heterocycles. The zero-order valence-corrected chi connectivity index (χ0v) is 11.8. The van der Waals surface area contributed by atoms with Crippen LogP contribution >= 0.6 is 15.9 Å². The minimum absolute atomic E-state index is 0.0750. The molecule has 0 saturated carbocycles. The average Bonchev–Trinajstić information content (AvgIpc) is 2.37. The molecule has 0 aliphatic carbocycles. The van der Waals surface area contributed by atoms with E-state index in [1.807, 2.05) is 6.07 Å². The van der Waals surface area contributed by atoms with Crippen LogP contribution in [0.1, 0.15) is 23.7 Å². The fourth-order valence-electron chi connectivity index (χ4n) is 1.50. The van der Waals surface area contributed by atoms with Crippen LogP contribution in [0.15, 0.2) is 28.7 Å². The zero-order chi connectivity index (χ0) is 14.4. The van der Waals surface area contributed by atoms with Crippen LogP contribution in [0.5, 0.6) is 0 Å². The van der Waals surface area contributed by atoms with Gasteiger partial charge >= 0.3 is 5.97 Å². The van der Waals surface area contributed by atoms with Crippen LogP contribution in [0.2, 0.25) is 0 Å². The molecule has 19 heavy (non-hydrogen) atoms. The fraction of sp³-hybridized carbons (Fsp3) is 0.308. The van der Waals surface area contributed by atoms with Gasteiger partial charge in [-0.1, -0.05) is 22.0 Å². The fourth-order valence-corrected chi connectivity index (χ4v) is 1.90. The van der Waals surface area contributed by atoms with E-state index >= 15 is 0 Å². The Morgan fingerprint density at radius 2 is 2.21 bits per heavy atom. The van der Waals surface area contributed by atoms with Gasteiger partial charge in [0.2, 0.25) is 0 Å². The number of amides is 1. The van der Waals surface area contributed by atoms with Gasteiger partial charge in [-0.3, -0.25) is 4.79 Å². The van der Waals surface area contributed by atoms with Crippen LogP contribution in [-0.2, 0) is 4.79 Å². The SMILES string of the molecule is C[C@@H](C#N)C[C@H](NC(=O)c1cccc(Br)c1)C(=O)O. The number of nitriles is 1. The van der Waals surface area contributed by atoms with E-state index in [0.717, 1.165) is 4.47 Å². The van der Waals surface area contributed by atoms with E-state index in [1.54, 1.807) is 31.2 Å². The number of carboxylic acid groups (broad SMARTS) is 1. The van der Waals surface area contributed by atoms with E-state index in [1.165, 1.54) is 0 Å². The van der Waals surface area contributed by atoms with Crippen LogP contribution in [0, 0.1) is 17.2 Å². The van der Waals surface area contributed by atoms with Crippen molar-refractivity contribution in [3.8, 4) is 6.07 Å². The van der Waals surface area contributed by atoms with E-state index in [2.05, 4.69) is 21.2 Å². The minimum Gasteiger partial charge on any atom is -0.480 e. The first-order valence-electron chi connectivity index (χ1n) is 5.63. The molecule has 100 valence electrons. The largest absolute Gasteiger partial charge is 0.480 e. The second kappa shape index (κ2) is 6.90. The molecule has 0 heterocycles. The maximum absolute atomic E-state index is 11.9. The Balaban J connectivity index is 2.77. The highest BCUT2D eigenvalue weighted by molar-refractivity contribution is 9.10. The summed E-state index contributed by atoms with van der Waals surface area (Å²) in [7, 11) is 0. The lowest BCUT2D eigenvalue weighted by atomic mass is 10.0. The lowest BCUT2D eigenvalue weighted by Gasteiger charge is -2.15. The molecular formula is C13H13BrN2O3. The number of carbonyl (C=O) groups is 2. The van der Waals surface area contributed by atoms with Crippen molar-refractivity contribution in [3.63, 3.8) is 0 Å². The van der Waals surface area contributed by atoms with Gasteiger partial charge in [0.05, 0.1) is 6.07 Å². The van der Waals surface area contributed by atoms with Crippen molar-refractivity contribution in [3.05, 3.63) is 34.3 Å². The Bertz CT molecular complexity index is 525. The third-order valence-corrected chi connectivity index (χ3v) is 2.99. The first kappa shape index (κ1) is 15.2. The quantitative estimate of drug-likeness (QED) is 0.868. The molecule has 0 unspecified atom stereocenters. The molecular weight excluding hydrogens is 312 g/mol. The molecule has 0 aromatic heterocycles. The number of benzene rings is 1. The highest BCUT2D eigenvalue weighted by Crippen LogP contribution is 2.12. The Labute approximate surface area is 119 Å². The molecule has 0 saturated heterocycles. The molecule has 0 fully saturated rings. The predicted octanol–water partition coefficient (Wildman–Crippen LogP) is 2.18. The van der Waals surface area contributed by atoms with Crippen molar-refractivity contribution in [2.45, 2.75) is 19.4 Å². The van der Waals surface area contributed by atoms with Crippen LogP contribution in [0.3, 0.4) is 0 Å². The van der Waals surface area contributed by atoms with Crippen molar-refractivity contribution in [1.29, 1.82) is 5.26 Å². The van der Waals surface area contributed by atoms with Crippen molar-refractivity contribution in [2.75, 3.05) is 0 Å². The van der Waals surface area contributed by atoms with Gasteiger partial charge < -0.3 is 10.4 Å². The number of aliphatic carboxylic acids is 1. The van der Waals surface area contributed by atoms with E-state index < -0.39 is 23.8 Å². The number of halogens is 1. The number of nitrogens with one attached hydrogen (secondary N) is 1. The zero-order valence-electron chi connectivity index (χ0n) is 10.3. The second-order valence-electron chi connectivity index (χ2n) is 4.14. The Morgan fingerprint density at radius 3 is 2.74 bits per heavy atom. The average molecular weight is 325 g/mol. The van der Waals surface area contributed by atoms with Gasteiger partial charge in [-0.15, -0.1) is 0 Å². The first-order valence-corrected chi connectivity index (χ1v) is 6.42. The van der Waals surface area contributed by atoms with Gasteiger partial charge in [-0.2, -0.15) is 5.26 Å². The summed E-state index contributed by atoms with van der Waals surface area (Å²) >= 11 is 3.24. The van der Waals surface area contributed by atoms with Crippen LogP contribution in [0.4, 0.5) is 0 Å². The maximum Gasteiger partial charge on any atom is 0.326 e. The Kier molecular flexibility index (Phi) is 5.52. The van der Waals surface area contributed by atoms with Gasteiger partial charge in [0.1, 0.15) is 6.04 Å². The van der Waals surface area contributed by atoms with Crippen LogP contribution in [-0.4, -0.2) is 23.0 Å². The van der Waals surface area contributed by atoms with Gasteiger partial charge in [0, 0.05) is 16.0 Å². The van der Waals surface area contributed by atoms with Gasteiger partial charge in [-0.25, -0.2) is 4.79 Å². The molecule has 0 bridgehead atoms. The predicted molar refractivity (Wildman–Crippen MR) is 72.4 cm³/mol. The summed E-state index contributed by atoms with van der Waals surface area (Å²) in [5.74, 6) is -2.06. The summed E-state index contributed by atoms with van der Waals surface area (Å²) in [6.07, 6.45) is 0.0750. The van der Waals surface area contributed by atoms with Crippen molar-refractivity contribution in [2.24, 2.45) is 5.92 Å². The molecule has 1 aromatic rings. The summed E-state index contributed by atoms with van der Waals surface area (Å²) in [6.45, 7) is 1.61. The van der Waals surface area contributed by atoms with E-state index in [-0.39, 0.29) is 6.42 Å². The lowest BCUT2D eigenvalue weighted by molar-refractivity contribution is -0.139. The van der Waals surface area contributed by atoms with E-state index in [4.69, 9.17) is 10.4 Å². The molecule has 1 amide bonds. The highest BCUT2D eigenvalue weighted by atomic mass is 79.9. The Morgan fingerprint density at radius 1 is 1.53 bits per heavy atom. The second-order valence-corrected chi connectivity index (χ2v) is 5.06. The third-order valence-electron chi connectivity index (χ3n) is 2.50. The van der Waals surface area contributed by atoms with Gasteiger partial charge in [0.15, 0.2) is 0 Å². The summed E-state index contributed by atoms with van der Waals surface area (Å²) in [5, 5.41) is 20.1. The van der Waals surface area contributed by atoms with Crippen LogP contribution < -0.4 is 5.32 Å². The molecule has 1 aromatic carbocycles. The number of hydrogen-bond donors (Lipinski definition) is 2. The third kappa shape index (κ3) is 4.72. The molecule has 2 N–H and O–H groups in total. The standard InChI is InChI=1S/C13H13BrN2O3/c1-8(7-15)5-11(13(18)19)16-12(17)9-3-2-4-10(14)6-9/h2-4,6,8,11H,5H2,1H3,(H,16,17)(H,18,19)/t8-,11+/m1/s1. The molecule has 0 radical (unpaired) electrons. The Hall–Kier alpha value is -1.87. The molecule has 6 heteroatoms. The summed E-state index contributed by atoms with van der Waals surface area (Å²) in [6, 6.07) is 7.53. The lowest BCUT2D eigenvalue weighted by Crippen LogP contribution is -2.41. The smallest absolute Gasteiger partial charge is 0.326 e. The number of carboxylic acids is 1. The molecule has 1 rings (SSSR count). The molecule has 2 atom stereocenters. The summed E-state index contributed by atoms with van der Waals surface area (Å²) in [4.78, 5) is 23.0.